The van der Waals surface area contributed by atoms with Crippen molar-refractivity contribution in [1.29, 1.82) is 0 Å². The topological polar surface area (TPSA) is 0 Å². The van der Waals surface area contributed by atoms with Gasteiger partial charge in [-0.2, -0.15) is 0 Å². The van der Waals surface area contributed by atoms with Crippen LogP contribution in [0, 0.1) is 12.8 Å². The fourth-order valence-corrected chi connectivity index (χ4v) is 4.74. The SMILES string of the molecule is CCc1ccc(-c2cc(C)cc3c2C=C(CC2CCCCC2)C3)cc1.[Zr]. The standard InChI is InChI=1S/C25H30.Zr/c1-3-19-9-11-22(12-10-19)24-14-18(2)13-23-16-21(17-25(23)24)15-20-7-5-4-6-8-20;/h9-14,17,20H,3-8,15-16H2,1-2H3;. The van der Waals surface area contributed by atoms with Crippen LogP contribution < -0.4 is 0 Å². The van der Waals surface area contributed by atoms with Gasteiger partial charge in [-0.15, -0.1) is 0 Å². The molecule has 0 amide bonds. The molecule has 1 heteroatoms. The maximum atomic E-state index is 2.52. The minimum absolute atomic E-state index is 0. The van der Waals surface area contributed by atoms with Gasteiger partial charge in [0.05, 0.1) is 0 Å². The van der Waals surface area contributed by atoms with Crippen LogP contribution >= 0.6 is 0 Å². The van der Waals surface area contributed by atoms with E-state index in [0.717, 1.165) is 12.3 Å². The Morgan fingerprint density at radius 1 is 0.962 bits per heavy atom. The van der Waals surface area contributed by atoms with Crippen LogP contribution in [-0.2, 0) is 39.0 Å². The van der Waals surface area contributed by atoms with Crippen molar-refractivity contribution in [3.63, 3.8) is 0 Å². The third-order valence-corrected chi connectivity index (χ3v) is 6.12. The molecule has 0 unspecified atom stereocenters. The normalized spacial score (nSPS) is 16.8. The molecule has 2 aliphatic carbocycles. The summed E-state index contributed by atoms with van der Waals surface area (Å²) in [5, 5.41) is 0. The van der Waals surface area contributed by atoms with E-state index in [2.05, 4.69) is 56.3 Å². The first kappa shape index (κ1) is 19.8. The van der Waals surface area contributed by atoms with Crippen molar-refractivity contribution < 1.29 is 26.2 Å². The second kappa shape index (κ2) is 8.83. The van der Waals surface area contributed by atoms with Gasteiger partial charge in [-0.05, 0) is 59.9 Å². The maximum absolute atomic E-state index is 2.52. The summed E-state index contributed by atoms with van der Waals surface area (Å²) in [4.78, 5) is 0. The number of benzene rings is 2. The number of fused-ring (bicyclic) bond motifs is 1. The van der Waals surface area contributed by atoms with Crippen molar-refractivity contribution in [2.45, 2.75) is 65.2 Å². The summed E-state index contributed by atoms with van der Waals surface area (Å²) < 4.78 is 0. The first-order valence-corrected chi connectivity index (χ1v) is 10.1. The number of rotatable bonds is 4. The van der Waals surface area contributed by atoms with Gasteiger partial charge in [0, 0.05) is 26.2 Å². The molecule has 1 saturated carbocycles. The zero-order chi connectivity index (χ0) is 17.2. The van der Waals surface area contributed by atoms with Gasteiger partial charge in [-0.3, -0.25) is 0 Å². The van der Waals surface area contributed by atoms with Crippen molar-refractivity contribution >= 4 is 6.08 Å². The van der Waals surface area contributed by atoms with E-state index in [4.69, 9.17) is 0 Å². The van der Waals surface area contributed by atoms with E-state index >= 15 is 0 Å². The molecule has 0 spiro atoms. The molecule has 26 heavy (non-hydrogen) atoms. The van der Waals surface area contributed by atoms with Gasteiger partial charge in [0.15, 0.2) is 0 Å². The van der Waals surface area contributed by atoms with Gasteiger partial charge in [0.1, 0.15) is 0 Å². The zero-order valence-electron chi connectivity index (χ0n) is 16.3. The van der Waals surface area contributed by atoms with Gasteiger partial charge in [0.2, 0.25) is 0 Å². The van der Waals surface area contributed by atoms with E-state index in [-0.39, 0.29) is 26.2 Å². The molecule has 0 heterocycles. The average Bonchev–Trinajstić information content (AvgIpc) is 3.04. The van der Waals surface area contributed by atoms with Gasteiger partial charge in [0.25, 0.3) is 0 Å². The minimum atomic E-state index is 0. The van der Waals surface area contributed by atoms with Crippen LogP contribution in [0.3, 0.4) is 0 Å². The Morgan fingerprint density at radius 2 is 1.69 bits per heavy atom. The molecule has 0 atom stereocenters. The van der Waals surface area contributed by atoms with Crippen LogP contribution in [0.1, 0.15) is 67.7 Å². The Hall–Kier alpha value is -0.937. The molecule has 0 aromatic heterocycles. The second-order valence-electron chi connectivity index (χ2n) is 8.12. The molecular formula is C25H30Zr. The summed E-state index contributed by atoms with van der Waals surface area (Å²) in [5.74, 6) is 0.933. The van der Waals surface area contributed by atoms with Crippen LogP contribution in [0.2, 0.25) is 0 Å². The van der Waals surface area contributed by atoms with Crippen LogP contribution in [0.15, 0.2) is 42.0 Å². The summed E-state index contributed by atoms with van der Waals surface area (Å²) in [6.45, 7) is 4.46. The first-order chi connectivity index (χ1) is 12.2. The molecule has 2 aliphatic rings. The van der Waals surface area contributed by atoms with Gasteiger partial charge >= 0.3 is 0 Å². The number of hydrogen-bond donors (Lipinski definition) is 0. The van der Waals surface area contributed by atoms with E-state index < -0.39 is 0 Å². The molecular weight excluding hydrogens is 391 g/mol. The maximum Gasteiger partial charge on any atom is 0 e. The van der Waals surface area contributed by atoms with Crippen LogP contribution in [0.4, 0.5) is 0 Å². The van der Waals surface area contributed by atoms with Crippen LogP contribution in [0.25, 0.3) is 17.2 Å². The molecule has 0 nitrogen and oxygen atoms in total. The van der Waals surface area contributed by atoms with Crippen molar-refractivity contribution in [3.05, 3.63) is 64.2 Å². The van der Waals surface area contributed by atoms with Crippen LogP contribution in [-0.4, -0.2) is 0 Å². The molecule has 0 N–H and O–H groups in total. The predicted octanol–water partition coefficient (Wildman–Crippen LogP) is 7.13. The van der Waals surface area contributed by atoms with Gasteiger partial charge in [-0.25, -0.2) is 0 Å². The average molecular weight is 422 g/mol. The summed E-state index contributed by atoms with van der Waals surface area (Å²) in [7, 11) is 0. The largest absolute Gasteiger partial charge is 0.0649 e. The summed E-state index contributed by atoms with van der Waals surface area (Å²) in [5.41, 5.74) is 10.3. The van der Waals surface area contributed by atoms with Crippen molar-refractivity contribution in [2.75, 3.05) is 0 Å². The Balaban J connectivity index is 0.00000196. The van der Waals surface area contributed by atoms with Gasteiger partial charge in [-0.1, -0.05) is 92.6 Å². The predicted molar refractivity (Wildman–Crippen MR) is 109 cm³/mol. The van der Waals surface area contributed by atoms with E-state index in [0.29, 0.717) is 0 Å². The summed E-state index contributed by atoms with van der Waals surface area (Å²) >= 11 is 0. The molecule has 1 fully saturated rings. The second-order valence-corrected chi connectivity index (χ2v) is 8.12. The Bertz CT molecular complexity index is 777. The third kappa shape index (κ3) is 4.31. The van der Waals surface area contributed by atoms with Crippen molar-refractivity contribution in [3.8, 4) is 11.1 Å². The molecule has 134 valence electrons. The minimum Gasteiger partial charge on any atom is -0.0649 e. The molecule has 4 rings (SSSR count). The zero-order valence-corrected chi connectivity index (χ0v) is 18.7. The van der Waals surface area contributed by atoms with E-state index in [1.54, 1.807) is 11.1 Å². The van der Waals surface area contributed by atoms with E-state index in [9.17, 15) is 0 Å². The number of aryl methyl sites for hydroxylation is 2. The van der Waals surface area contributed by atoms with E-state index in [1.165, 1.54) is 72.8 Å². The molecule has 0 saturated heterocycles. The van der Waals surface area contributed by atoms with Crippen molar-refractivity contribution in [1.82, 2.24) is 0 Å². The summed E-state index contributed by atoms with van der Waals surface area (Å²) in [6, 6.07) is 14.0. The Kier molecular flexibility index (Phi) is 6.73. The van der Waals surface area contributed by atoms with Crippen molar-refractivity contribution in [2.24, 2.45) is 5.92 Å². The van der Waals surface area contributed by atoms with E-state index in [1.807, 2.05) is 0 Å². The fourth-order valence-electron chi connectivity index (χ4n) is 4.74. The Morgan fingerprint density at radius 3 is 2.38 bits per heavy atom. The quantitative estimate of drug-likeness (QED) is 0.492. The Labute approximate surface area is 178 Å². The molecule has 0 aliphatic heterocycles. The molecule has 2 aromatic carbocycles. The number of allylic oxidation sites excluding steroid dienone is 1. The summed E-state index contributed by atoms with van der Waals surface area (Å²) in [6.07, 6.45) is 13.3. The van der Waals surface area contributed by atoms with Gasteiger partial charge < -0.3 is 0 Å². The smallest absolute Gasteiger partial charge is 0 e. The molecule has 0 bridgehead atoms. The van der Waals surface area contributed by atoms with Crippen LogP contribution in [0.5, 0.6) is 0 Å². The fraction of sp³-hybridized carbons (Fsp3) is 0.440. The first-order valence-electron chi connectivity index (χ1n) is 10.1. The third-order valence-electron chi connectivity index (χ3n) is 6.12. The molecule has 2 aromatic rings. The monoisotopic (exact) mass is 420 g/mol. The number of hydrogen-bond acceptors (Lipinski definition) is 0. The molecule has 0 radical (unpaired) electrons.